The van der Waals surface area contributed by atoms with Crippen molar-refractivity contribution in [1.82, 2.24) is 0 Å². The molecular formula is C44H75FO8. The molecule has 5 unspecified atom stereocenters. The molecule has 7 fully saturated rings. The molecule has 0 radical (unpaired) electrons. The van der Waals surface area contributed by atoms with Gasteiger partial charge in [0.15, 0.2) is 6.29 Å². The van der Waals surface area contributed by atoms with Crippen LogP contribution >= 0.6 is 0 Å². The molecule has 7 aliphatic rings. The molecule has 6 saturated carbocycles. The summed E-state index contributed by atoms with van der Waals surface area (Å²) in [5, 5.41) is 62.3. The summed E-state index contributed by atoms with van der Waals surface area (Å²) < 4.78 is 26.4. The van der Waals surface area contributed by atoms with Crippen LogP contribution in [0.25, 0.3) is 0 Å². The third kappa shape index (κ3) is 8.63. The van der Waals surface area contributed by atoms with Crippen molar-refractivity contribution in [1.29, 1.82) is 0 Å². The Bertz CT molecular complexity index is 1080. The van der Waals surface area contributed by atoms with Crippen molar-refractivity contribution in [2.24, 2.45) is 52.8 Å². The van der Waals surface area contributed by atoms with Gasteiger partial charge in [-0.1, -0.05) is 129 Å². The van der Waals surface area contributed by atoms with Gasteiger partial charge in [0.1, 0.15) is 24.4 Å². The third-order valence-electron chi connectivity index (χ3n) is 15.3. The molecule has 0 amide bonds. The fourth-order valence-electron chi connectivity index (χ4n) is 12.6. The fraction of sp³-hybridized carbons (Fsp3) is 0.955. The average Bonchev–Trinajstić information content (AvgIpc) is 3.17. The van der Waals surface area contributed by atoms with Crippen LogP contribution in [0.5, 0.6) is 0 Å². The van der Waals surface area contributed by atoms with Gasteiger partial charge in [0.2, 0.25) is 0 Å². The van der Waals surface area contributed by atoms with E-state index in [1.807, 2.05) is 0 Å². The number of unbranched alkanes of at least 4 members (excludes halogenated alkanes) is 18. The van der Waals surface area contributed by atoms with Crippen LogP contribution < -0.4 is 0 Å². The zero-order valence-corrected chi connectivity index (χ0v) is 32.8. The van der Waals surface area contributed by atoms with Crippen LogP contribution in [-0.2, 0) is 9.47 Å². The second-order valence-corrected chi connectivity index (χ2v) is 18.4. The predicted octanol–water partition coefficient (Wildman–Crippen LogP) is 7.35. The van der Waals surface area contributed by atoms with Gasteiger partial charge >= 0.3 is 0 Å². The lowest BCUT2D eigenvalue weighted by atomic mass is 8.96. The van der Waals surface area contributed by atoms with Crippen molar-refractivity contribution in [3.8, 4) is 0 Å². The SMILES string of the molecule is CCCCCCCCCCCCCC[C@@H](O)[C@@H](O)[C@@H](/C=C(/F)CCCCCCCCCCC12C3C4C5C3C1C5C42)COC1OC(CO)C(O)C(O)C1O. The molecule has 6 N–H and O–H groups in total. The normalized spacial score (nSPS) is 38.9. The highest BCUT2D eigenvalue weighted by molar-refractivity contribution is 5.49. The van der Waals surface area contributed by atoms with Crippen molar-refractivity contribution in [2.75, 3.05) is 13.2 Å². The van der Waals surface area contributed by atoms with Gasteiger partial charge in [-0.3, -0.25) is 0 Å². The molecule has 0 aromatic carbocycles. The first-order valence-electron chi connectivity index (χ1n) is 22.4. The van der Waals surface area contributed by atoms with E-state index in [1.54, 1.807) is 0 Å². The van der Waals surface area contributed by atoms with Gasteiger partial charge in [-0.25, -0.2) is 4.39 Å². The molecule has 0 bridgehead atoms. The lowest BCUT2D eigenvalue weighted by Crippen LogP contribution is -3.05. The minimum Gasteiger partial charge on any atom is -0.394 e. The molecule has 1 heterocycles. The van der Waals surface area contributed by atoms with Crippen molar-refractivity contribution < 1.29 is 44.5 Å². The van der Waals surface area contributed by atoms with Crippen molar-refractivity contribution in [3.63, 3.8) is 0 Å². The Morgan fingerprint density at radius 3 is 1.74 bits per heavy atom. The molecular weight excluding hydrogens is 675 g/mol. The number of hydrogen-bond donors (Lipinski definition) is 6. The van der Waals surface area contributed by atoms with Gasteiger partial charge in [-0.15, -0.1) is 0 Å². The van der Waals surface area contributed by atoms with Crippen LogP contribution in [0.3, 0.4) is 0 Å². The zero-order valence-electron chi connectivity index (χ0n) is 32.8. The van der Waals surface area contributed by atoms with Crippen LogP contribution in [0, 0.1) is 52.8 Å². The van der Waals surface area contributed by atoms with E-state index in [4.69, 9.17) is 9.47 Å². The van der Waals surface area contributed by atoms with E-state index in [-0.39, 0.29) is 18.9 Å². The summed E-state index contributed by atoms with van der Waals surface area (Å²) in [6, 6.07) is 0. The standard InChI is InChI=1S/C44H75FO8/c1-2-3-4-5-6-7-8-9-10-14-17-20-23-30(47)39(48)28(27-52-43-42(51)41(50)40(49)31(26-46)53-43)25-29(45)22-19-16-13-11-12-15-18-21-24-44-36-33-32-34(36)38(44)35(32)37(33)44/h25,28,30-43,46-51H,2-24,26-27H2,1H3/b29-25+/t28-,30+,31?,32?,33?,34?,35?,36?,37?,38?,39-,40?,41?,42?,43?,44?/m0/s1. The van der Waals surface area contributed by atoms with Gasteiger partial charge in [0, 0.05) is 5.92 Å². The van der Waals surface area contributed by atoms with Gasteiger partial charge in [0.05, 0.1) is 31.2 Å². The van der Waals surface area contributed by atoms with E-state index >= 15 is 4.39 Å². The number of rotatable bonds is 31. The van der Waals surface area contributed by atoms with Gasteiger partial charge in [0.25, 0.3) is 0 Å². The van der Waals surface area contributed by atoms with Crippen LogP contribution in [0.2, 0.25) is 0 Å². The third-order valence-corrected chi connectivity index (χ3v) is 15.3. The first kappa shape index (κ1) is 42.0. The lowest BCUT2D eigenvalue weighted by Gasteiger charge is -3.08. The minimum absolute atomic E-state index is 0.244. The molecule has 53 heavy (non-hydrogen) atoms. The molecule has 1 aliphatic heterocycles. The first-order chi connectivity index (χ1) is 25.8. The highest BCUT2D eigenvalue weighted by atomic mass is 19.1. The second-order valence-electron chi connectivity index (χ2n) is 18.4. The summed E-state index contributed by atoms with van der Waals surface area (Å²) in [4.78, 5) is 0. The molecule has 8 nitrogen and oxygen atoms in total. The maximum atomic E-state index is 15.3. The summed E-state index contributed by atoms with van der Waals surface area (Å²) in [6.07, 6.45) is 17.4. The molecule has 0 spiro atoms. The monoisotopic (exact) mass is 751 g/mol. The van der Waals surface area contributed by atoms with Crippen LogP contribution in [0.15, 0.2) is 11.9 Å². The van der Waals surface area contributed by atoms with E-state index in [2.05, 4.69) is 6.92 Å². The fourth-order valence-corrected chi connectivity index (χ4v) is 12.6. The van der Waals surface area contributed by atoms with Gasteiger partial charge in [-0.2, -0.15) is 0 Å². The smallest absolute Gasteiger partial charge is 0.186 e. The lowest BCUT2D eigenvalue weighted by molar-refractivity contribution is -0.616. The second kappa shape index (κ2) is 19.7. The molecule has 9 heteroatoms. The Hall–Kier alpha value is -0.650. The van der Waals surface area contributed by atoms with Gasteiger partial charge in [-0.05, 0) is 78.6 Å². The Labute approximate surface area is 319 Å². The van der Waals surface area contributed by atoms with Crippen molar-refractivity contribution in [2.45, 2.75) is 198 Å². The molecule has 0 aromatic heterocycles. The summed E-state index contributed by atoms with van der Waals surface area (Å²) in [5.74, 6) is 7.01. The molecule has 306 valence electrons. The van der Waals surface area contributed by atoms with E-state index in [9.17, 15) is 30.6 Å². The van der Waals surface area contributed by atoms with Crippen molar-refractivity contribution >= 4 is 0 Å². The van der Waals surface area contributed by atoms with Crippen LogP contribution in [-0.4, -0.2) is 86.8 Å². The number of allylic oxidation sites excluding steroid dienone is 1. The Kier molecular flexibility index (Phi) is 15.6. The van der Waals surface area contributed by atoms with Crippen molar-refractivity contribution in [3.05, 3.63) is 11.9 Å². The quantitative estimate of drug-likeness (QED) is 0.0405. The predicted molar refractivity (Wildman–Crippen MR) is 203 cm³/mol. The van der Waals surface area contributed by atoms with E-state index in [0.29, 0.717) is 12.8 Å². The summed E-state index contributed by atoms with van der Waals surface area (Å²) in [6.45, 7) is 1.37. The Morgan fingerprint density at radius 2 is 1.19 bits per heavy atom. The number of hydrogen-bond acceptors (Lipinski definition) is 8. The van der Waals surface area contributed by atoms with E-state index in [0.717, 1.165) is 37.5 Å². The number of aliphatic hydroxyl groups is 6. The molecule has 6 aliphatic carbocycles. The maximum absolute atomic E-state index is 15.3. The van der Waals surface area contributed by atoms with E-state index in [1.165, 1.54) is 144 Å². The number of halogens is 1. The molecule has 7 rings (SSSR count). The first-order valence-corrected chi connectivity index (χ1v) is 22.4. The zero-order chi connectivity index (χ0) is 37.5. The molecule has 1 saturated heterocycles. The molecule has 8 atom stereocenters. The number of aliphatic hydroxyl groups excluding tert-OH is 6. The number of ether oxygens (including phenoxy) is 2. The maximum Gasteiger partial charge on any atom is 0.186 e. The Balaban J connectivity index is 0.850. The highest BCUT2D eigenvalue weighted by Gasteiger charge is 3.03. The largest absolute Gasteiger partial charge is 0.394 e. The summed E-state index contributed by atoms with van der Waals surface area (Å²) >= 11 is 0. The van der Waals surface area contributed by atoms with Crippen LogP contribution in [0.1, 0.15) is 155 Å². The van der Waals surface area contributed by atoms with Gasteiger partial charge < -0.3 is 40.1 Å². The minimum atomic E-state index is -1.60. The van der Waals surface area contributed by atoms with E-state index < -0.39 is 55.4 Å². The Morgan fingerprint density at radius 1 is 0.679 bits per heavy atom. The summed E-state index contributed by atoms with van der Waals surface area (Å²) in [5.41, 5.74) is 0.859. The topological polar surface area (TPSA) is 140 Å². The van der Waals surface area contributed by atoms with Crippen LogP contribution in [0.4, 0.5) is 4.39 Å². The highest BCUT2D eigenvalue weighted by Crippen LogP contribution is 3.06. The molecule has 0 aromatic rings. The average molecular weight is 751 g/mol. The summed E-state index contributed by atoms with van der Waals surface area (Å²) in [7, 11) is 0.